The van der Waals surface area contributed by atoms with E-state index in [4.69, 9.17) is 4.99 Å². The van der Waals surface area contributed by atoms with Crippen molar-refractivity contribution >= 4 is 28.3 Å². The van der Waals surface area contributed by atoms with Crippen LogP contribution in [0.15, 0.2) is 41.4 Å². The van der Waals surface area contributed by atoms with Crippen molar-refractivity contribution in [2.24, 2.45) is 22.7 Å². The number of hydrogen-bond acceptors (Lipinski definition) is 4. The molecule has 1 heterocycles. The second-order valence-corrected chi connectivity index (χ2v) is 7.56. The Bertz CT molecular complexity index is 671. The number of nitrogens with zero attached hydrogens (tertiary/aromatic N) is 3. The molecule has 3 atom stereocenters. The number of rotatable bonds is 4. The van der Waals surface area contributed by atoms with Crippen molar-refractivity contribution in [3.05, 3.63) is 46.5 Å². The lowest BCUT2D eigenvalue weighted by atomic mass is 9.93. The fourth-order valence-corrected chi connectivity index (χ4v) is 4.87. The molecule has 1 aromatic rings. The van der Waals surface area contributed by atoms with Crippen LogP contribution in [-0.2, 0) is 0 Å². The first-order valence-corrected chi connectivity index (χ1v) is 9.07. The second-order valence-electron chi connectivity index (χ2n) is 6.50. The van der Waals surface area contributed by atoms with Crippen molar-refractivity contribution in [3.8, 4) is 0 Å². The molecule has 0 aromatic heterocycles. The number of nitro groups is 1. The van der Waals surface area contributed by atoms with Gasteiger partial charge in [0, 0.05) is 31.0 Å². The molecule has 1 saturated carbocycles. The van der Waals surface area contributed by atoms with Gasteiger partial charge in [-0.25, -0.2) is 4.99 Å². The molecule has 2 bridgehead atoms. The fraction of sp³-hybridized carbons (Fsp3) is 0.471. The molecule has 0 radical (unpaired) electrons. The summed E-state index contributed by atoms with van der Waals surface area (Å²) < 4.78 is 0. The van der Waals surface area contributed by atoms with Crippen LogP contribution in [0, 0.1) is 27.9 Å². The molecule has 0 spiro atoms. The van der Waals surface area contributed by atoms with Gasteiger partial charge in [0.2, 0.25) is 0 Å². The third-order valence-electron chi connectivity index (χ3n) is 5.02. The van der Waals surface area contributed by atoms with Crippen LogP contribution in [0.5, 0.6) is 0 Å². The molecule has 23 heavy (non-hydrogen) atoms. The van der Waals surface area contributed by atoms with Crippen LogP contribution in [0.2, 0.25) is 0 Å². The van der Waals surface area contributed by atoms with Gasteiger partial charge in [-0.3, -0.25) is 10.1 Å². The second kappa shape index (κ2) is 6.00. The molecular weight excluding hydrogens is 310 g/mol. The number of thioether (sulfide) groups is 1. The summed E-state index contributed by atoms with van der Waals surface area (Å²) in [5, 5.41) is 11.8. The average Bonchev–Trinajstić information content (AvgIpc) is 3.26. The molecule has 1 saturated heterocycles. The van der Waals surface area contributed by atoms with Gasteiger partial charge in [0.1, 0.15) is 0 Å². The van der Waals surface area contributed by atoms with E-state index in [9.17, 15) is 10.1 Å². The minimum Gasteiger partial charge on any atom is -0.350 e. The number of allylic oxidation sites excluding steroid dienone is 2. The normalized spacial score (nSPS) is 30.5. The highest BCUT2D eigenvalue weighted by atomic mass is 32.2. The molecule has 0 amide bonds. The van der Waals surface area contributed by atoms with E-state index in [0.29, 0.717) is 0 Å². The Balaban J connectivity index is 1.46. The first-order chi connectivity index (χ1) is 11.2. The molecule has 5 nitrogen and oxygen atoms in total. The molecule has 1 aromatic carbocycles. The van der Waals surface area contributed by atoms with E-state index in [1.807, 2.05) is 0 Å². The first kappa shape index (κ1) is 14.8. The summed E-state index contributed by atoms with van der Waals surface area (Å²) >= 11 is 1.78. The van der Waals surface area contributed by atoms with Crippen LogP contribution in [-0.4, -0.2) is 33.8 Å². The number of nitro benzene ring substituents is 1. The third-order valence-corrected chi connectivity index (χ3v) is 6.01. The largest absolute Gasteiger partial charge is 0.350 e. The minimum atomic E-state index is -0.379. The third kappa shape index (κ3) is 3.00. The van der Waals surface area contributed by atoms with Gasteiger partial charge in [-0.2, -0.15) is 0 Å². The Labute approximate surface area is 139 Å². The topological polar surface area (TPSA) is 58.7 Å². The maximum absolute atomic E-state index is 10.7. The van der Waals surface area contributed by atoms with E-state index in [1.54, 1.807) is 23.9 Å². The lowest BCUT2D eigenvalue weighted by Gasteiger charge is -2.26. The highest BCUT2D eigenvalue weighted by molar-refractivity contribution is 8.14. The highest BCUT2D eigenvalue weighted by Crippen LogP contribution is 2.44. The summed E-state index contributed by atoms with van der Waals surface area (Å²) in [5.74, 6) is 3.38. The van der Waals surface area contributed by atoms with Gasteiger partial charge in [-0.1, -0.05) is 23.9 Å². The number of non-ortho nitro benzene ring substituents is 1. The predicted molar refractivity (Wildman–Crippen MR) is 93.1 cm³/mol. The van der Waals surface area contributed by atoms with Gasteiger partial charge in [0.25, 0.3) is 5.69 Å². The van der Waals surface area contributed by atoms with Crippen molar-refractivity contribution in [3.63, 3.8) is 0 Å². The standard InChI is InChI=1S/C17H19N3O2S/c21-20(22)16-5-3-15(4-6-16)18-17-19(7-8-23-17)11-14-10-12-1-2-13(14)9-12/h1-6,12-14H,7-11H2. The van der Waals surface area contributed by atoms with Crippen molar-refractivity contribution in [2.45, 2.75) is 12.8 Å². The van der Waals surface area contributed by atoms with Crippen molar-refractivity contribution in [1.29, 1.82) is 0 Å². The van der Waals surface area contributed by atoms with Crippen LogP contribution in [0.1, 0.15) is 12.8 Å². The molecular formula is C17H19N3O2S. The Morgan fingerprint density at radius 3 is 2.74 bits per heavy atom. The molecule has 120 valence electrons. The molecule has 3 unspecified atom stereocenters. The predicted octanol–water partition coefficient (Wildman–Crippen LogP) is 3.84. The maximum atomic E-state index is 10.7. The van der Waals surface area contributed by atoms with Crippen molar-refractivity contribution in [1.82, 2.24) is 4.90 Å². The maximum Gasteiger partial charge on any atom is 0.269 e. The zero-order valence-electron chi connectivity index (χ0n) is 12.8. The summed E-state index contributed by atoms with van der Waals surface area (Å²) in [5.41, 5.74) is 0.900. The van der Waals surface area contributed by atoms with Gasteiger partial charge in [0.15, 0.2) is 5.17 Å². The van der Waals surface area contributed by atoms with E-state index in [1.165, 1.54) is 25.0 Å². The van der Waals surface area contributed by atoms with Gasteiger partial charge in [-0.05, 0) is 42.7 Å². The molecule has 4 rings (SSSR count). The van der Waals surface area contributed by atoms with E-state index >= 15 is 0 Å². The van der Waals surface area contributed by atoms with Crippen LogP contribution < -0.4 is 0 Å². The number of aliphatic imine (C=N–C) groups is 1. The zero-order chi connectivity index (χ0) is 15.8. The molecule has 3 aliphatic rings. The molecule has 0 N–H and O–H groups in total. The van der Waals surface area contributed by atoms with Crippen LogP contribution in [0.4, 0.5) is 11.4 Å². The van der Waals surface area contributed by atoms with Gasteiger partial charge in [-0.15, -0.1) is 0 Å². The quantitative estimate of drug-likeness (QED) is 0.478. The minimum absolute atomic E-state index is 0.110. The molecule has 6 heteroatoms. The Morgan fingerprint density at radius 2 is 2.09 bits per heavy atom. The van der Waals surface area contributed by atoms with Crippen LogP contribution in [0.25, 0.3) is 0 Å². The Kier molecular flexibility index (Phi) is 3.85. The van der Waals surface area contributed by atoms with Gasteiger partial charge >= 0.3 is 0 Å². The number of amidine groups is 1. The number of fused-ring (bicyclic) bond motifs is 2. The first-order valence-electron chi connectivity index (χ1n) is 8.08. The lowest BCUT2D eigenvalue weighted by Crippen LogP contribution is -2.31. The molecule has 2 fully saturated rings. The van der Waals surface area contributed by atoms with E-state index in [2.05, 4.69) is 17.1 Å². The van der Waals surface area contributed by atoms with Crippen molar-refractivity contribution < 1.29 is 4.92 Å². The summed E-state index contributed by atoms with van der Waals surface area (Å²) in [6.45, 7) is 2.14. The zero-order valence-corrected chi connectivity index (χ0v) is 13.6. The summed E-state index contributed by atoms with van der Waals surface area (Å²) in [7, 11) is 0. The molecule has 2 aliphatic carbocycles. The van der Waals surface area contributed by atoms with Crippen LogP contribution in [0.3, 0.4) is 0 Å². The lowest BCUT2D eigenvalue weighted by molar-refractivity contribution is -0.384. The molecule has 1 aliphatic heterocycles. The Hall–Kier alpha value is -1.82. The van der Waals surface area contributed by atoms with Gasteiger partial charge < -0.3 is 4.90 Å². The van der Waals surface area contributed by atoms with E-state index in [-0.39, 0.29) is 10.6 Å². The highest BCUT2D eigenvalue weighted by Gasteiger charge is 2.37. The van der Waals surface area contributed by atoms with E-state index in [0.717, 1.165) is 47.5 Å². The van der Waals surface area contributed by atoms with E-state index < -0.39 is 0 Å². The number of benzene rings is 1. The SMILES string of the molecule is O=[N+]([O-])c1ccc(N=C2SCCN2CC2CC3C=CC2C3)cc1. The fourth-order valence-electron chi connectivity index (χ4n) is 3.85. The summed E-state index contributed by atoms with van der Waals surface area (Å²) in [6.07, 6.45) is 7.43. The van der Waals surface area contributed by atoms with Crippen LogP contribution >= 0.6 is 11.8 Å². The Morgan fingerprint density at radius 1 is 1.26 bits per heavy atom. The van der Waals surface area contributed by atoms with Gasteiger partial charge in [0.05, 0.1) is 10.6 Å². The smallest absolute Gasteiger partial charge is 0.269 e. The van der Waals surface area contributed by atoms with Crippen molar-refractivity contribution in [2.75, 3.05) is 18.8 Å². The average molecular weight is 329 g/mol. The number of hydrogen-bond donors (Lipinski definition) is 0. The summed E-state index contributed by atoms with van der Waals surface area (Å²) in [6, 6.07) is 6.49. The monoisotopic (exact) mass is 329 g/mol. The summed E-state index contributed by atoms with van der Waals surface area (Å²) in [4.78, 5) is 17.4.